The summed E-state index contributed by atoms with van der Waals surface area (Å²) in [5.41, 5.74) is 0.145. The Kier molecular flexibility index (Phi) is 4.64. The fourth-order valence-electron chi connectivity index (χ4n) is 0.564. The minimum absolute atomic E-state index is 0.145. The number of rotatable bonds is 5. The lowest BCUT2D eigenvalue weighted by Crippen LogP contribution is -2.04. The van der Waals surface area contributed by atoms with Crippen LogP contribution in [0.15, 0.2) is 11.6 Å². The van der Waals surface area contributed by atoms with Crippen molar-refractivity contribution < 1.29 is 22.9 Å². The second-order valence-corrected chi connectivity index (χ2v) is 3.96. The van der Waals surface area contributed by atoms with Crippen LogP contribution >= 0.6 is 0 Å². The van der Waals surface area contributed by atoms with Gasteiger partial charge in [0.2, 0.25) is 0 Å². The quantitative estimate of drug-likeness (QED) is 0.389. The topological polar surface area (TPSA) is 91.7 Å². The fourth-order valence-corrected chi connectivity index (χ4v) is 0.998. The van der Waals surface area contributed by atoms with E-state index in [1.54, 1.807) is 0 Å². The van der Waals surface area contributed by atoms with Crippen LogP contribution in [0, 0.1) is 6.42 Å². The van der Waals surface area contributed by atoms with Gasteiger partial charge >= 0.3 is 5.97 Å². The Hall–Kier alpha value is -0.880. The molecule has 0 spiro atoms. The predicted molar refractivity (Wildman–Crippen MR) is 46.7 cm³/mol. The van der Waals surface area contributed by atoms with Crippen molar-refractivity contribution in [3.63, 3.8) is 0 Å². The van der Waals surface area contributed by atoms with E-state index in [0.717, 1.165) is 0 Å². The zero-order valence-corrected chi connectivity index (χ0v) is 7.91. The molecule has 13 heavy (non-hydrogen) atoms. The molecule has 0 saturated heterocycles. The number of hydrogen-bond donors (Lipinski definition) is 2. The highest BCUT2D eigenvalue weighted by atomic mass is 32.2. The lowest BCUT2D eigenvalue weighted by Gasteiger charge is -1.94. The molecule has 2 N–H and O–H groups in total. The standard InChI is InChI=1S/C7H11O5S/c1-6(7(8)9)4-2-3-5-13(10,11)12/h3-4H,2,5H2,1H3,(H,8,9)(H,10,11,12). The van der Waals surface area contributed by atoms with Gasteiger partial charge in [0.05, 0.1) is 5.75 Å². The van der Waals surface area contributed by atoms with Crippen LogP contribution in [0.25, 0.3) is 0 Å². The van der Waals surface area contributed by atoms with Crippen molar-refractivity contribution in [3.8, 4) is 0 Å². The molecule has 0 aromatic rings. The second kappa shape index (κ2) is 4.98. The molecule has 0 aromatic heterocycles. The zero-order valence-electron chi connectivity index (χ0n) is 7.10. The molecule has 6 heteroatoms. The van der Waals surface area contributed by atoms with Crippen molar-refractivity contribution >= 4 is 16.1 Å². The highest BCUT2D eigenvalue weighted by Gasteiger charge is 2.03. The van der Waals surface area contributed by atoms with E-state index >= 15 is 0 Å². The number of carbonyl (C=O) groups is 1. The molecule has 0 aliphatic heterocycles. The number of carboxylic acid groups (broad SMARTS) is 1. The van der Waals surface area contributed by atoms with Gasteiger partial charge in [0.1, 0.15) is 0 Å². The third-order valence-electron chi connectivity index (χ3n) is 1.26. The molecular weight excluding hydrogens is 196 g/mol. The summed E-state index contributed by atoms with van der Waals surface area (Å²) in [5, 5.41) is 8.39. The summed E-state index contributed by atoms with van der Waals surface area (Å²) in [5.74, 6) is -1.50. The molecule has 0 atom stereocenters. The maximum atomic E-state index is 10.2. The van der Waals surface area contributed by atoms with E-state index in [9.17, 15) is 13.2 Å². The normalized spacial score (nSPS) is 12.9. The lowest BCUT2D eigenvalue weighted by atomic mass is 10.2. The van der Waals surface area contributed by atoms with E-state index in [2.05, 4.69) is 0 Å². The van der Waals surface area contributed by atoms with Crippen molar-refractivity contribution in [3.05, 3.63) is 18.1 Å². The summed E-state index contributed by atoms with van der Waals surface area (Å²) < 4.78 is 28.7. The highest BCUT2D eigenvalue weighted by molar-refractivity contribution is 7.85. The Balaban J connectivity index is 3.81. The lowest BCUT2D eigenvalue weighted by molar-refractivity contribution is -0.132. The molecule has 75 valence electrons. The molecule has 0 amide bonds. The van der Waals surface area contributed by atoms with E-state index < -0.39 is 21.8 Å². The van der Waals surface area contributed by atoms with Gasteiger partial charge in [-0.15, -0.1) is 0 Å². The smallest absolute Gasteiger partial charge is 0.330 e. The second-order valence-electron chi connectivity index (χ2n) is 2.47. The van der Waals surface area contributed by atoms with Gasteiger partial charge in [-0.2, -0.15) is 8.42 Å². The van der Waals surface area contributed by atoms with Gasteiger partial charge in [-0.05, 0) is 19.8 Å². The van der Waals surface area contributed by atoms with E-state index in [4.69, 9.17) is 9.66 Å². The third-order valence-corrected chi connectivity index (χ3v) is 1.91. The predicted octanol–water partition coefficient (Wildman–Crippen LogP) is 0.499. The summed E-state index contributed by atoms with van der Waals surface area (Å²) in [6.45, 7) is 1.41. The first-order valence-corrected chi connectivity index (χ1v) is 5.10. The molecule has 0 rings (SSSR count). The van der Waals surface area contributed by atoms with E-state index in [1.165, 1.54) is 19.4 Å². The van der Waals surface area contributed by atoms with Gasteiger partial charge in [0.15, 0.2) is 0 Å². The van der Waals surface area contributed by atoms with E-state index in [1.807, 2.05) is 0 Å². The molecule has 0 bridgehead atoms. The first-order chi connectivity index (χ1) is 5.83. The first-order valence-electron chi connectivity index (χ1n) is 3.50. The molecular formula is C7H11O5S. The minimum Gasteiger partial charge on any atom is -0.478 e. The summed E-state index contributed by atoms with van der Waals surface area (Å²) >= 11 is 0. The molecule has 0 aliphatic carbocycles. The van der Waals surface area contributed by atoms with Crippen molar-refractivity contribution in [1.82, 2.24) is 0 Å². The van der Waals surface area contributed by atoms with Crippen LogP contribution in [-0.4, -0.2) is 29.8 Å². The van der Waals surface area contributed by atoms with Gasteiger partial charge in [-0.1, -0.05) is 6.08 Å². The van der Waals surface area contributed by atoms with Crippen molar-refractivity contribution in [2.24, 2.45) is 0 Å². The SMILES string of the molecule is CC(=CC[CH]CS(=O)(=O)O)C(=O)O. The largest absolute Gasteiger partial charge is 0.478 e. The molecule has 0 aromatic carbocycles. The molecule has 5 nitrogen and oxygen atoms in total. The van der Waals surface area contributed by atoms with E-state index in [-0.39, 0.29) is 12.0 Å². The summed E-state index contributed by atoms with van der Waals surface area (Å²) in [6.07, 6.45) is 2.85. The zero-order chi connectivity index (χ0) is 10.5. The number of hydrogen-bond acceptors (Lipinski definition) is 3. The Labute approximate surface area is 76.8 Å². The number of unbranched alkanes of at least 4 members (excludes halogenated alkanes) is 1. The first kappa shape index (κ1) is 12.1. The maximum Gasteiger partial charge on any atom is 0.330 e. The van der Waals surface area contributed by atoms with Crippen molar-refractivity contribution in [2.45, 2.75) is 13.3 Å². The Morgan fingerprint density at radius 2 is 2.00 bits per heavy atom. The van der Waals surface area contributed by atoms with Crippen LogP contribution in [0.3, 0.4) is 0 Å². The molecule has 0 fully saturated rings. The van der Waals surface area contributed by atoms with Gasteiger partial charge < -0.3 is 5.11 Å². The molecule has 1 radical (unpaired) electrons. The fraction of sp³-hybridized carbons (Fsp3) is 0.429. The van der Waals surface area contributed by atoms with Crippen LogP contribution in [0.5, 0.6) is 0 Å². The van der Waals surface area contributed by atoms with Crippen LogP contribution in [0.1, 0.15) is 13.3 Å². The van der Waals surface area contributed by atoms with Crippen LogP contribution in [0.4, 0.5) is 0 Å². The average Bonchev–Trinajstić information content (AvgIpc) is 1.95. The number of carboxylic acids is 1. The van der Waals surface area contributed by atoms with Gasteiger partial charge in [-0.3, -0.25) is 4.55 Å². The Morgan fingerprint density at radius 1 is 1.46 bits per heavy atom. The summed E-state index contributed by atoms with van der Waals surface area (Å²) in [4.78, 5) is 10.2. The minimum atomic E-state index is -3.97. The molecule has 0 aliphatic rings. The Morgan fingerprint density at radius 3 is 2.38 bits per heavy atom. The van der Waals surface area contributed by atoms with E-state index in [0.29, 0.717) is 0 Å². The number of aliphatic carboxylic acids is 1. The Bertz CT molecular complexity index is 301. The van der Waals surface area contributed by atoms with Crippen LogP contribution in [0.2, 0.25) is 0 Å². The van der Waals surface area contributed by atoms with Crippen molar-refractivity contribution in [2.75, 3.05) is 5.75 Å². The summed E-state index contributed by atoms with van der Waals surface area (Å²) in [6, 6.07) is 0. The van der Waals surface area contributed by atoms with Crippen LogP contribution in [-0.2, 0) is 14.9 Å². The van der Waals surface area contributed by atoms with Gasteiger partial charge in [-0.25, -0.2) is 4.79 Å². The molecule has 0 heterocycles. The van der Waals surface area contributed by atoms with Crippen LogP contribution < -0.4 is 0 Å². The highest BCUT2D eigenvalue weighted by Crippen LogP contribution is 1.99. The third kappa shape index (κ3) is 7.48. The maximum absolute atomic E-state index is 10.2. The number of allylic oxidation sites excluding steroid dienone is 1. The van der Waals surface area contributed by atoms with Gasteiger partial charge in [0.25, 0.3) is 10.1 Å². The average molecular weight is 207 g/mol. The van der Waals surface area contributed by atoms with Crippen molar-refractivity contribution in [1.29, 1.82) is 0 Å². The van der Waals surface area contributed by atoms with Gasteiger partial charge in [0, 0.05) is 5.57 Å². The molecule has 0 saturated carbocycles. The molecule has 0 unspecified atom stereocenters. The summed E-state index contributed by atoms with van der Waals surface area (Å²) in [7, 11) is -3.97. The monoisotopic (exact) mass is 207 g/mol.